The van der Waals surface area contributed by atoms with Gasteiger partial charge in [0.2, 0.25) is 5.76 Å². The number of carbonyl (C=O) groups excluding carboxylic acids is 2. The molecule has 0 atom stereocenters. The molecule has 0 bridgehead atoms. The Labute approximate surface area is 194 Å². The molecule has 10 heteroatoms. The summed E-state index contributed by atoms with van der Waals surface area (Å²) in [5.41, 5.74) is 6.89. The van der Waals surface area contributed by atoms with E-state index in [0.29, 0.717) is 35.4 Å². The number of benzene rings is 1. The van der Waals surface area contributed by atoms with Crippen LogP contribution in [0.1, 0.15) is 27.8 Å². The zero-order valence-electron chi connectivity index (χ0n) is 17.7. The van der Waals surface area contributed by atoms with Gasteiger partial charge in [0, 0.05) is 49.5 Å². The molecule has 1 aliphatic rings. The Balaban J connectivity index is 1.94. The largest absolute Gasteiger partial charge is 0.493 e. The maximum absolute atomic E-state index is 13.4. The van der Waals surface area contributed by atoms with Crippen molar-refractivity contribution < 1.29 is 18.7 Å². The standard InChI is InChI=1S/C22H22Cl2N4O4/c1-3-27-6-8-28(9-7-27)22(30)20-18(21(25)29)17-12(4-5-15(31-2)19(17)32-20)16-13(23)10-26-11-14(16)24/h4-5,10-11H,3,6-9H2,1-2H3,(H2,25,29). The molecule has 0 unspecified atom stereocenters. The minimum atomic E-state index is -0.796. The van der Waals surface area contributed by atoms with Crippen LogP contribution in [0.15, 0.2) is 28.9 Å². The highest BCUT2D eigenvalue weighted by atomic mass is 35.5. The average molecular weight is 477 g/mol. The Morgan fingerprint density at radius 3 is 2.38 bits per heavy atom. The van der Waals surface area contributed by atoms with Crippen LogP contribution in [0.25, 0.3) is 22.1 Å². The van der Waals surface area contributed by atoms with E-state index in [4.69, 9.17) is 38.1 Å². The van der Waals surface area contributed by atoms with E-state index in [0.717, 1.165) is 19.6 Å². The van der Waals surface area contributed by atoms with Gasteiger partial charge < -0.3 is 24.7 Å². The Morgan fingerprint density at radius 1 is 1.16 bits per heavy atom. The number of primary amides is 1. The number of hydrogen-bond donors (Lipinski definition) is 1. The summed E-state index contributed by atoms with van der Waals surface area (Å²) in [6.45, 7) is 5.51. The minimum Gasteiger partial charge on any atom is -0.493 e. The first-order valence-electron chi connectivity index (χ1n) is 10.1. The van der Waals surface area contributed by atoms with Crippen molar-refractivity contribution in [3.8, 4) is 16.9 Å². The monoisotopic (exact) mass is 476 g/mol. The lowest BCUT2D eigenvalue weighted by Gasteiger charge is -2.33. The summed E-state index contributed by atoms with van der Waals surface area (Å²) in [6.07, 6.45) is 2.89. The second-order valence-electron chi connectivity index (χ2n) is 7.39. The molecule has 0 aliphatic carbocycles. The van der Waals surface area contributed by atoms with Crippen molar-refractivity contribution in [3.05, 3.63) is 45.9 Å². The van der Waals surface area contributed by atoms with Crippen LogP contribution in [-0.2, 0) is 0 Å². The second-order valence-corrected chi connectivity index (χ2v) is 8.21. The van der Waals surface area contributed by atoms with E-state index >= 15 is 0 Å². The molecule has 0 spiro atoms. The number of carbonyl (C=O) groups is 2. The quantitative estimate of drug-likeness (QED) is 0.602. The molecule has 1 aromatic carbocycles. The van der Waals surface area contributed by atoms with Gasteiger partial charge in [0.1, 0.15) is 0 Å². The van der Waals surface area contributed by atoms with E-state index in [1.807, 2.05) is 0 Å². The highest BCUT2D eigenvalue weighted by Crippen LogP contribution is 2.44. The van der Waals surface area contributed by atoms with Crippen LogP contribution >= 0.6 is 23.2 Å². The van der Waals surface area contributed by atoms with Gasteiger partial charge in [-0.05, 0) is 24.2 Å². The third-order valence-corrected chi connectivity index (χ3v) is 6.27. The van der Waals surface area contributed by atoms with Crippen LogP contribution in [0.2, 0.25) is 10.0 Å². The lowest BCUT2D eigenvalue weighted by atomic mass is 9.98. The van der Waals surface area contributed by atoms with E-state index < -0.39 is 11.8 Å². The highest BCUT2D eigenvalue weighted by molar-refractivity contribution is 6.39. The number of nitrogens with zero attached hydrogens (tertiary/aromatic N) is 3. The van der Waals surface area contributed by atoms with E-state index in [2.05, 4.69) is 16.8 Å². The van der Waals surface area contributed by atoms with Gasteiger partial charge in [-0.3, -0.25) is 14.6 Å². The van der Waals surface area contributed by atoms with Crippen molar-refractivity contribution in [3.63, 3.8) is 0 Å². The molecule has 2 amide bonds. The first kappa shape index (κ1) is 22.4. The number of nitrogens with two attached hydrogens (primary N) is 1. The molecule has 1 saturated heterocycles. The fourth-order valence-electron chi connectivity index (χ4n) is 4.01. The molecule has 32 heavy (non-hydrogen) atoms. The lowest BCUT2D eigenvalue weighted by molar-refractivity contribution is 0.0610. The van der Waals surface area contributed by atoms with Crippen LogP contribution in [0.3, 0.4) is 0 Å². The molecule has 3 heterocycles. The second kappa shape index (κ2) is 8.97. The summed E-state index contributed by atoms with van der Waals surface area (Å²) in [5, 5.41) is 0.885. The fourth-order valence-corrected chi connectivity index (χ4v) is 4.58. The van der Waals surface area contributed by atoms with Gasteiger partial charge in [0.05, 0.1) is 22.7 Å². The lowest BCUT2D eigenvalue weighted by Crippen LogP contribution is -2.48. The van der Waals surface area contributed by atoms with Gasteiger partial charge in [-0.25, -0.2) is 0 Å². The number of fused-ring (bicyclic) bond motifs is 1. The number of amides is 2. The summed E-state index contributed by atoms with van der Waals surface area (Å²) >= 11 is 12.8. The van der Waals surface area contributed by atoms with Crippen LogP contribution in [0, 0.1) is 0 Å². The Kier molecular flexibility index (Phi) is 6.28. The predicted octanol–water partition coefficient (Wildman–Crippen LogP) is 3.69. The van der Waals surface area contributed by atoms with Crippen LogP contribution in [0.4, 0.5) is 0 Å². The number of halogens is 2. The van der Waals surface area contributed by atoms with Crippen molar-refractivity contribution in [2.45, 2.75) is 6.92 Å². The van der Waals surface area contributed by atoms with E-state index in [1.54, 1.807) is 17.0 Å². The number of ether oxygens (including phenoxy) is 1. The Hall–Kier alpha value is -2.81. The van der Waals surface area contributed by atoms with E-state index in [9.17, 15) is 9.59 Å². The van der Waals surface area contributed by atoms with Gasteiger partial charge in [-0.15, -0.1) is 0 Å². The van der Waals surface area contributed by atoms with Gasteiger partial charge in [-0.2, -0.15) is 0 Å². The van der Waals surface area contributed by atoms with Gasteiger partial charge in [0.15, 0.2) is 11.3 Å². The molecule has 0 radical (unpaired) electrons. The first-order chi connectivity index (χ1) is 15.4. The predicted molar refractivity (Wildman–Crippen MR) is 123 cm³/mol. The summed E-state index contributed by atoms with van der Waals surface area (Å²) in [7, 11) is 1.47. The van der Waals surface area contributed by atoms with Crippen molar-refractivity contribution in [2.24, 2.45) is 5.73 Å². The molecule has 4 rings (SSSR count). The number of pyridine rings is 1. The molecular weight excluding hydrogens is 455 g/mol. The molecule has 2 aromatic heterocycles. The number of hydrogen-bond acceptors (Lipinski definition) is 6. The highest BCUT2D eigenvalue weighted by Gasteiger charge is 2.32. The molecule has 168 valence electrons. The number of aromatic nitrogens is 1. The maximum Gasteiger partial charge on any atom is 0.290 e. The zero-order valence-corrected chi connectivity index (χ0v) is 19.2. The van der Waals surface area contributed by atoms with E-state index in [1.165, 1.54) is 19.5 Å². The Bertz CT molecular complexity index is 1180. The van der Waals surface area contributed by atoms with Crippen molar-refractivity contribution in [1.82, 2.24) is 14.8 Å². The summed E-state index contributed by atoms with van der Waals surface area (Å²) in [4.78, 5) is 33.9. The normalized spacial score (nSPS) is 14.7. The number of methoxy groups -OCH3 is 1. The molecule has 2 N–H and O–H groups in total. The van der Waals surface area contributed by atoms with Crippen LogP contribution in [-0.4, -0.2) is 66.4 Å². The summed E-state index contributed by atoms with van der Waals surface area (Å²) < 4.78 is 11.4. The molecule has 1 aliphatic heterocycles. The fraction of sp³-hybridized carbons (Fsp3) is 0.318. The van der Waals surface area contributed by atoms with Crippen LogP contribution in [0.5, 0.6) is 5.75 Å². The zero-order chi connectivity index (χ0) is 23.0. The Morgan fingerprint density at radius 2 is 1.81 bits per heavy atom. The van der Waals surface area contributed by atoms with Gasteiger partial charge in [-0.1, -0.05) is 30.1 Å². The number of furan rings is 1. The molecule has 1 fully saturated rings. The third kappa shape index (κ3) is 3.79. The third-order valence-electron chi connectivity index (χ3n) is 5.69. The molecular formula is C22H22Cl2N4O4. The number of likely N-dealkylation sites (N-methyl/N-ethyl adjacent to an activating group) is 1. The van der Waals surface area contributed by atoms with Gasteiger partial charge in [0.25, 0.3) is 11.8 Å². The molecule has 3 aromatic rings. The summed E-state index contributed by atoms with van der Waals surface area (Å²) in [5.74, 6) is -0.965. The first-order valence-corrected chi connectivity index (χ1v) is 10.9. The smallest absolute Gasteiger partial charge is 0.290 e. The minimum absolute atomic E-state index is 0.0271. The van der Waals surface area contributed by atoms with Gasteiger partial charge >= 0.3 is 0 Å². The van der Waals surface area contributed by atoms with Crippen molar-refractivity contribution >= 4 is 46.0 Å². The van der Waals surface area contributed by atoms with E-state index in [-0.39, 0.29) is 27.0 Å². The molecule has 0 saturated carbocycles. The number of rotatable bonds is 5. The van der Waals surface area contributed by atoms with Crippen LogP contribution < -0.4 is 10.5 Å². The number of piperazine rings is 1. The summed E-state index contributed by atoms with van der Waals surface area (Å²) in [6, 6.07) is 3.36. The van der Waals surface area contributed by atoms with Crippen molar-refractivity contribution in [2.75, 3.05) is 39.8 Å². The SMILES string of the molecule is CCN1CCN(C(=O)c2oc3c(OC)ccc(-c4c(Cl)cncc4Cl)c3c2C(N)=O)CC1. The average Bonchev–Trinajstić information content (AvgIpc) is 3.20. The molecule has 8 nitrogen and oxygen atoms in total. The topological polar surface area (TPSA) is 102 Å². The van der Waals surface area contributed by atoms with Crippen molar-refractivity contribution in [1.29, 1.82) is 0 Å². The maximum atomic E-state index is 13.4.